The van der Waals surface area contributed by atoms with Crippen molar-refractivity contribution in [1.82, 2.24) is 5.32 Å². The summed E-state index contributed by atoms with van der Waals surface area (Å²) in [5.41, 5.74) is 6.20. The summed E-state index contributed by atoms with van der Waals surface area (Å²) < 4.78 is 10.4. The van der Waals surface area contributed by atoms with Crippen LogP contribution in [-0.2, 0) is 9.47 Å². The minimum atomic E-state index is 0.203. The van der Waals surface area contributed by atoms with Gasteiger partial charge in [0.05, 0.1) is 13.2 Å². The van der Waals surface area contributed by atoms with Gasteiger partial charge in [0.1, 0.15) is 0 Å². The summed E-state index contributed by atoms with van der Waals surface area (Å²) >= 11 is 0. The molecule has 0 amide bonds. The number of ether oxygens (including phenoxy) is 2. The molecule has 0 aliphatic carbocycles. The van der Waals surface area contributed by atoms with Crippen LogP contribution in [0.4, 0.5) is 0 Å². The van der Waals surface area contributed by atoms with E-state index in [9.17, 15) is 0 Å². The van der Waals surface area contributed by atoms with E-state index in [0.29, 0.717) is 12.5 Å². The van der Waals surface area contributed by atoms with Crippen molar-refractivity contribution in [3.63, 3.8) is 0 Å². The van der Waals surface area contributed by atoms with Crippen LogP contribution in [0.5, 0.6) is 0 Å². The molecule has 1 saturated heterocycles. The smallest absolute Gasteiger partial charge is 0.0621 e. The van der Waals surface area contributed by atoms with Gasteiger partial charge in [0.15, 0.2) is 0 Å². The van der Waals surface area contributed by atoms with E-state index in [4.69, 9.17) is 15.2 Å². The van der Waals surface area contributed by atoms with E-state index in [1.54, 1.807) is 7.11 Å². The first-order valence-electron chi connectivity index (χ1n) is 6.08. The molecule has 2 atom stereocenters. The Hall–Kier alpha value is -0.160. The second-order valence-corrected chi connectivity index (χ2v) is 5.50. The topological polar surface area (TPSA) is 56.5 Å². The van der Waals surface area contributed by atoms with Gasteiger partial charge in [-0.3, -0.25) is 0 Å². The van der Waals surface area contributed by atoms with Gasteiger partial charge in [-0.1, -0.05) is 13.8 Å². The van der Waals surface area contributed by atoms with Crippen LogP contribution in [-0.4, -0.2) is 46.1 Å². The molecule has 3 N–H and O–H groups in total. The largest absolute Gasteiger partial charge is 0.385 e. The summed E-state index contributed by atoms with van der Waals surface area (Å²) in [7, 11) is 1.75. The van der Waals surface area contributed by atoms with Crippen LogP contribution in [0.25, 0.3) is 0 Å². The molecule has 2 unspecified atom stereocenters. The lowest BCUT2D eigenvalue weighted by atomic mass is 9.89. The lowest BCUT2D eigenvalue weighted by Crippen LogP contribution is -2.39. The number of nitrogens with two attached hydrogens (primary N) is 1. The third kappa shape index (κ3) is 4.78. The van der Waals surface area contributed by atoms with Crippen LogP contribution in [0.3, 0.4) is 0 Å². The molecule has 1 rings (SSSR count). The highest BCUT2D eigenvalue weighted by Crippen LogP contribution is 2.19. The van der Waals surface area contributed by atoms with Crippen LogP contribution >= 0.6 is 0 Å². The molecule has 0 aromatic carbocycles. The highest BCUT2D eigenvalue weighted by atomic mass is 16.5. The van der Waals surface area contributed by atoms with E-state index in [1.165, 1.54) is 0 Å². The first-order chi connectivity index (χ1) is 7.55. The monoisotopic (exact) mass is 230 g/mol. The standard InChI is InChI=1S/C12H26N2O2/c1-12(2,4-5-15-3)9-14-6-10-7-16-8-11(10)13/h10-11,14H,4-9,13H2,1-3H3. The molecule has 0 saturated carbocycles. The summed E-state index contributed by atoms with van der Waals surface area (Å²) in [6.07, 6.45) is 1.07. The van der Waals surface area contributed by atoms with Crippen molar-refractivity contribution in [2.45, 2.75) is 26.3 Å². The predicted octanol–water partition coefficient (Wildman–Crippen LogP) is 0.612. The van der Waals surface area contributed by atoms with Gasteiger partial charge in [0.2, 0.25) is 0 Å². The van der Waals surface area contributed by atoms with Gasteiger partial charge in [-0.05, 0) is 11.8 Å². The molecular weight excluding hydrogens is 204 g/mol. The van der Waals surface area contributed by atoms with Gasteiger partial charge in [0, 0.05) is 38.8 Å². The van der Waals surface area contributed by atoms with Crippen molar-refractivity contribution in [2.75, 3.05) is 40.0 Å². The van der Waals surface area contributed by atoms with Crippen molar-refractivity contribution in [1.29, 1.82) is 0 Å². The number of rotatable bonds is 7. The van der Waals surface area contributed by atoms with Crippen molar-refractivity contribution < 1.29 is 9.47 Å². The number of hydrogen-bond donors (Lipinski definition) is 2. The summed E-state index contributed by atoms with van der Waals surface area (Å²) in [6, 6.07) is 0.203. The molecule has 0 radical (unpaired) electrons. The molecule has 1 aliphatic heterocycles. The molecule has 0 bridgehead atoms. The van der Waals surface area contributed by atoms with Crippen LogP contribution in [0.15, 0.2) is 0 Å². The zero-order chi connectivity index (χ0) is 12.0. The Bertz CT molecular complexity index is 197. The summed E-state index contributed by atoms with van der Waals surface area (Å²) in [5, 5.41) is 3.49. The Balaban J connectivity index is 2.13. The Morgan fingerprint density at radius 3 is 2.75 bits per heavy atom. The van der Waals surface area contributed by atoms with E-state index in [0.717, 1.165) is 32.7 Å². The highest BCUT2D eigenvalue weighted by Gasteiger charge is 2.25. The quantitative estimate of drug-likeness (QED) is 0.673. The number of nitrogens with one attached hydrogen (secondary N) is 1. The molecule has 0 aromatic heterocycles. The lowest BCUT2D eigenvalue weighted by molar-refractivity contribution is 0.149. The molecule has 0 aromatic rings. The third-order valence-electron chi connectivity index (χ3n) is 3.24. The van der Waals surface area contributed by atoms with E-state index in [1.807, 2.05) is 0 Å². The minimum Gasteiger partial charge on any atom is -0.385 e. The predicted molar refractivity (Wildman–Crippen MR) is 65.4 cm³/mol. The van der Waals surface area contributed by atoms with Gasteiger partial charge in [-0.25, -0.2) is 0 Å². The minimum absolute atomic E-state index is 0.203. The number of hydrogen-bond acceptors (Lipinski definition) is 4. The lowest BCUT2D eigenvalue weighted by Gasteiger charge is -2.26. The zero-order valence-corrected chi connectivity index (χ0v) is 10.8. The maximum Gasteiger partial charge on any atom is 0.0621 e. The van der Waals surface area contributed by atoms with E-state index in [2.05, 4.69) is 19.2 Å². The zero-order valence-electron chi connectivity index (χ0n) is 10.8. The van der Waals surface area contributed by atoms with Gasteiger partial charge >= 0.3 is 0 Å². The van der Waals surface area contributed by atoms with Crippen LogP contribution in [0.2, 0.25) is 0 Å². The van der Waals surface area contributed by atoms with E-state index < -0.39 is 0 Å². The number of methoxy groups -OCH3 is 1. The van der Waals surface area contributed by atoms with Crippen molar-refractivity contribution in [2.24, 2.45) is 17.1 Å². The second-order valence-electron chi connectivity index (χ2n) is 5.50. The van der Waals surface area contributed by atoms with Gasteiger partial charge < -0.3 is 20.5 Å². The normalized spacial score (nSPS) is 26.2. The Morgan fingerprint density at radius 2 is 2.19 bits per heavy atom. The van der Waals surface area contributed by atoms with Crippen molar-refractivity contribution >= 4 is 0 Å². The van der Waals surface area contributed by atoms with Crippen molar-refractivity contribution in [3.8, 4) is 0 Å². The maximum absolute atomic E-state index is 5.92. The Morgan fingerprint density at radius 1 is 1.44 bits per heavy atom. The first kappa shape index (κ1) is 13.9. The molecule has 0 spiro atoms. The fourth-order valence-electron chi connectivity index (χ4n) is 1.89. The molecule has 1 aliphatic rings. The summed E-state index contributed by atoms with van der Waals surface area (Å²) in [4.78, 5) is 0. The van der Waals surface area contributed by atoms with Gasteiger partial charge in [-0.2, -0.15) is 0 Å². The van der Waals surface area contributed by atoms with Crippen molar-refractivity contribution in [3.05, 3.63) is 0 Å². The fourth-order valence-corrected chi connectivity index (χ4v) is 1.89. The van der Waals surface area contributed by atoms with Gasteiger partial charge in [-0.15, -0.1) is 0 Å². The molecule has 96 valence electrons. The maximum atomic E-state index is 5.92. The summed E-state index contributed by atoms with van der Waals surface area (Å²) in [5.74, 6) is 0.471. The van der Waals surface area contributed by atoms with E-state index >= 15 is 0 Å². The molecule has 1 fully saturated rings. The highest BCUT2D eigenvalue weighted by molar-refractivity contribution is 4.81. The first-order valence-corrected chi connectivity index (χ1v) is 6.08. The fraction of sp³-hybridized carbons (Fsp3) is 1.00. The second kappa shape index (κ2) is 6.55. The van der Waals surface area contributed by atoms with Crippen LogP contribution in [0, 0.1) is 11.3 Å². The average molecular weight is 230 g/mol. The average Bonchev–Trinajstić information content (AvgIpc) is 2.62. The van der Waals surface area contributed by atoms with Gasteiger partial charge in [0.25, 0.3) is 0 Å². The Kier molecular flexibility index (Phi) is 5.69. The van der Waals surface area contributed by atoms with Crippen LogP contribution < -0.4 is 11.1 Å². The van der Waals surface area contributed by atoms with Crippen LogP contribution in [0.1, 0.15) is 20.3 Å². The molecule has 4 heteroatoms. The third-order valence-corrected chi connectivity index (χ3v) is 3.24. The molecule has 1 heterocycles. The van der Waals surface area contributed by atoms with E-state index in [-0.39, 0.29) is 11.5 Å². The molecule has 4 nitrogen and oxygen atoms in total. The molecule has 16 heavy (non-hydrogen) atoms. The Labute approximate surface area is 98.9 Å². The summed E-state index contributed by atoms with van der Waals surface area (Å²) in [6.45, 7) is 8.79. The SMILES string of the molecule is COCCC(C)(C)CNCC1COCC1N. The molecular formula is C12H26N2O2.